The number of hydrogen-bond donors (Lipinski definition) is 1. The van der Waals surface area contributed by atoms with Crippen LogP contribution in [0.2, 0.25) is 0 Å². The van der Waals surface area contributed by atoms with Crippen LogP contribution in [0.15, 0.2) is 30.9 Å². The fraction of sp³-hybridized carbons (Fsp3) is 0.400. The zero-order chi connectivity index (χ0) is 15.3. The molecule has 0 aliphatic heterocycles. The molecule has 20 heavy (non-hydrogen) atoms. The summed E-state index contributed by atoms with van der Waals surface area (Å²) in [6, 6.07) is 6.20. The number of halogens is 1. The van der Waals surface area contributed by atoms with Crippen molar-refractivity contribution in [3.8, 4) is 6.07 Å². The maximum absolute atomic E-state index is 13.5. The van der Waals surface area contributed by atoms with Crippen molar-refractivity contribution in [3.05, 3.63) is 47.8 Å². The summed E-state index contributed by atoms with van der Waals surface area (Å²) in [5, 5.41) is 14.4. The molecule has 0 aromatic heterocycles. The monoisotopic (exact) mass is 294 g/mol. The summed E-state index contributed by atoms with van der Waals surface area (Å²) in [5.74, 6) is -0.516. The molecule has 0 spiro atoms. The quantitative estimate of drug-likeness (QED) is 0.819. The van der Waals surface area contributed by atoms with E-state index in [9.17, 15) is 8.60 Å². The predicted molar refractivity (Wildman–Crippen MR) is 79.7 cm³/mol. The molecule has 5 heteroatoms. The van der Waals surface area contributed by atoms with Crippen molar-refractivity contribution in [1.82, 2.24) is 0 Å². The van der Waals surface area contributed by atoms with Crippen LogP contribution in [0.25, 0.3) is 0 Å². The van der Waals surface area contributed by atoms with Gasteiger partial charge in [0.05, 0.1) is 27.4 Å². The lowest BCUT2D eigenvalue weighted by atomic mass is 9.86. The summed E-state index contributed by atoms with van der Waals surface area (Å²) in [4.78, 5) is 0. The molecule has 108 valence electrons. The van der Waals surface area contributed by atoms with Gasteiger partial charge in [0.1, 0.15) is 5.82 Å². The molecule has 2 atom stereocenters. The van der Waals surface area contributed by atoms with Crippen molar-refractivity contribution >= 4 is 11.0 Å². The number of hydrogen-bond acceptors (Lipinski definition) is 2. The van der Waals surface area contributed by atoms with Crippen LogP contribution < -0.4 is 5.14 Å². The first-order valence-corrected chi connectivity index (χ1v) is 7.49. The van der Waals surface area contributed by atoms with Crippen molar-refractivity contribution in [2.45, 2.75) is 37.4 Å². The maximum atomic E-state index is 13.5. The number of benzene rings is 1. The maximum Gasteiger partial charge on any atom is 0.124 e. The van der Waals surface area contributed by atoms with Gasteiger partial charge in [-0.1, -0.05) is 6.08 Å². The number of allylic oxidation sites excluding steroid dienone is 1. The van der Waals surface area contributed by atoms with Crippen LogP contribution in [-0.2, 0) is 11.0 Å². The first-order valence-electron chi connectivity index (χ1n) is 6.28. The van der Waals surface area contributed by atoms with Crippen molar-refractivity contribution in [1.29, 1.82) is 5.26 Å². The Morgan fingerprint density at radius 1 is 1.55 bits per heavy atom. The Kier molecular flexibility index (Phi) is 5.61. The van der Waals surface area contributed by atoms with Crippen LogP contribution >= 0.6 is 0 Å². The molecule has 0 saturated carbocycles. The van der Waals surface area contributed by atoms with Crippen molar-refractivity contribution in [2.75, 3.05) is 0 Å². The molecule has 1 aromatic rings. The third-order valence-corrected chi connectivity index (χ3v) is 4.51. The summed E-state index contributed by atoms with van der Waals surface area (Å²) in [6.07, 6.45) is 2.86. The Balaban J connectivity index is 3.14. The van der Waals surface area contributed by atoms with E-state index in [1.54, 1.807) is 12.1 Å². The van der Waals surface area contributed by atoms with Gasteiger partial charge in [0.25, 0.3) is 0 Å². The second-order valence-electron chi connectivity index (χ2n) is 5.37. The first-order chi connectivity index (χ1) is 9.30. The fourth-order valence-corrected chi connectivity index (χ4v) is 2.49. The average Bonchev–Trinajstić information content (AvgIpc) is 2.37. The molecule has 0 aliphatic rings. The molecule has 3 nitrogen and oxygen atoms in total. The second kappa shape index (κ2) is 6.78. The van der Waals surface area contributed by atoms with Crippen molar-refractivity contribution in [2.24, 2.45) is 5.14 Å². The lowest BCUT2D eigenvalue weighted by Gasteiger charge is -2.27. The van der Waals surface area contributed by atoms with E-state index in [0.29, 0.717) is 18.4 Å². The molecule has 0 bridgehead atoms. The van der Waals surface area contributed by atoms with E-state index in [1.807, 2.05) is 19.9 Å². The lowest BCUT2D eigenvalue weighted by Crippen LogP contribution is -2.33. The Morgan fingerprint density at radius 2 is 2.20 bits per heavy atom. The third kappa shape index (κ3) is 4.26. The highest BCUT2D eigenvalue weighted by Crippen LogP contribution is 2.32. The highest BCUT2D eigenvalue weighted by molar-refractivity contribution is 7.84. The summed E-state index contributed by atoms with van der Waals surface area (Å²) in [6.45, 7) is 7.32. The molecule has 2 N–H and O–H groups in total. The van der Waals surface area contributed by atoms with Gasteiger partial charge in [0.15, 0.2) is 0 Å². The van der Waals surface area contributed by atoms with Gasteiger partial charge in [-0.3, -0.25) is 5.14 Å². The van der Waals surface area contributed by atoms with Crippen LogP contribution in [0.1, 0.15) is 43.7 Å². The number of nitrogens with zero attached hydrogens (tertiary/aromatic N) is 1. The van der Waals surface area contributed by atoms with Gasteiger partial charge in [0, 0.05) is 0 Å². The second-order valence-corrected chi connectivity index (χ2v) is 7.07. The molecular formula is C15H19FN2OS. The molecule has 1 aromatic carbocycles. The van der Waals surface area contributed by atoms with Gasteiger partial charge < -0.3 is 0 Å². The molecular weight excluding hydrogens is 275 g/mol. The van der Waals surface area contributed by atoms with E-state index in [1.165, 1.54) is 12.1 Å². The van der Waals surface area contributed by atoms with Crippen LogP contribution in [-0.4, -0.2) is 8.96 Å². The molecule has 0 radical (unpaired) electrons. The SMILES string of the molecule is C=CC[C@H](CC(C)(C)S(N)=O)c1cc(F)cc(C#N)c1. The third-order valence-electron chi connectivity index (χ3n) is 3.25. The first kappa shape index (κ1) is 16.5. The summed E-state index contributed by atoms with van der Waals surface area (Å²) < 4.78 is 24.5. The van der Waals surface area contributed by atoms with E-state index in [2.05, 4.69) is 6.58 Å². The predicted octanol–water partition coefficient (Wildman–Crippen LogP) is 3.15. The topological polar surface area (TPSA) is 66.9 Å². The normalized spacial score (nSPS) is 14.3. The van der Waals surface area contributed by atoms with Gasteiger partial charge in [-0.05, 0) is 56.4 Å². The van der Waals surface area contributed by atoms with Gasteiger partial charge in [0.2, 0.25) is 0 Å². The van der Waals surface area contributed by atoms with E-state index < -0.39 is 21.5 Å². The highest BCUT2D eigenvalue weighted by atomic mass is 32.2. The molecule has 0 saturated heterocycles. The van der Waals surface area contributed by atoms with E-state index >= 15 is 0 Å². The number of nitrogens with two attached hydrogens (primary N) is 1. The largest absolute Gasteiger partial charge is 0.251 e. The molecule has 1 unspecified atom stereocenters. The Labute approximate surface area is 121 Å². The van der Waals surface area contributed by atoms with Gasteiger partial charge >= 0.3 is 0 Å². The smallest absolute Gasteiger partial charge is 0.124 e. The van der Waals surface area contributed by atoms with Crippen molar-refractivity contribution in [3.63, 3.8) is 0 Å². The zero-order valence-electron chi connectivity index (χ0n) is 11.7. The van der Waals surface area contributed by atoms with E-state index in [4.69, 9.17) is 10.4 Å². The van der Waals surface area contributed by atoms with Gasteiger partial charge in [-0.25, -0.2) is 8.60 Å². The minimum absolute atomic E-state index is 0.0715. The average molecular weight is 294 g/mol. The Bertz CT molecular complexity index is 563. The Morgan fingerprint density at radius 3 is 2.70 bits per heavy atom. The van der Waals surface area contributed by atoms with Crippen LogP contribution in [0.4, 0.5) is 4.39 Å². The lowest BCUT2D eigenvalue weighted by molar-refractivity contribution is 0.517. The molecule has 0 amide bonds. The summed E-state index contributed by atoms with van der Waals surface area (Å²) >= 11 is 0. The molecule has 0 heterocycles. The molecule has 0 fully saturated rings. The fourth-order valence-electron chi connectivity index (χ4n) is 2.13. The van der Waals surface area contributed by atoms with E-state index in [0.717, 1.165) is 0 Å². The van der Waals surface area contributed by atoms with E-state index in [-0.39, 0.29) is 11.5 Å². The van der Waals surface area contributed by atoms with Crippen molar-refractivity contribution < 1.29 is 8.60 Å². The van der Waals surface area contributed by atoms with Gasteiger partial charge in [-0.2, -0.15) is 5.26 Å². The molecule has 0 aliphatic carbocycles. The minimum Gasteiger partial charge on any atom is -0.251 e. The van der Waals surface area contributed by atoms with Crippen LogP contribution in [0, 0.1) is 17.1 Å². The zero-order valence-corrected chi connectivity index (χ0v) is 12.5. The Hall–Kier alpha value is -1.51. The standard InChI is InChI=1S/C15H19FN2OS/c1-4-5-12(9-15(2,3)20(18)19)13-6-11(10-17)7-14(16)8-13/h4,6-8,12H,1,5,9,18H2,2-3H3/t12-,20?/m1/s1. The van der Waals surface area contributed by atoms with Crippen LogP contribution in [0.3, 0.4) is 0 Å². The molecule has 1 rings (SSSR count). The van der Waals surface area contributed by atoms with Crippen LogP contribution in [0.5, 0.6) is 0 Å². The minimum atomic E-state index is -1.48. The number of nitriles is 1. The summed E-state index contributed by atoms with van der Waals surface area (Å²) in [7, 11) is -1.48. The number of rotatable bonds is 6. The summed E-state index contributed by atoms with van der Waals surface area (Å²) in [5.41, 5.74) is 0.987. The van der Waals surface area contributed by atoms with Gasteiger partial charge in [-0.15, -0.1) is 6.58 Å². The highest BCUT2D eigenvalue weighted by Gasteiger charge is 2.28.